The van der Waals surface area contributed by atoms with Crippen molar-refractivity contribution < 1.29 is 14.7 Å². The van der Waals surface area contributed by atoms with E-state index in [2.05, 4.69) is 5.32 Å². The van der Waals surface area contributed by atoms with E-state index in [0.717, 1.165) is 5.56 Å². The van der Waals surface area contributed by atoms with Crippen molar-refractivity contribution in [1.82, 2.24) is 5.32 Å². The number of benzene rings is 1. The number of carbonyl (C=O) groups excluding carboxylic acids is 1. The summed E-state index contributed by atoms with van der Waals surface area (Å²) in [4.78, 5) is 23.0. The molecule has 3 atom stereocenters. The quantitative estimate of drug-likeness (QED) is 0.839. The predicted molar refractivity (Wildman–Crippen MR) is 83.7 cm³/mol. The van der Waals surface area contributed by atoms with E-state index in [9.17, 15) is 9.59 Å². The van der Waals surface area contributed by atoms with Crippen LogP contribution in [0.4, 0.5) is 0 Å². The lowest BCUT2D eigenvalue weighted by Crippen LogP contribution is -2.42. The van der Waals surface area contributed by atoms with Crippen LogP contribution in [0.1, 0.15) is 26.3 Å². The Kier molecular flexibility index (Phi) is 6.49. The first kappa shape index (κ1) is 17.8. The highest BCUT2D eigenvalue weighted by atomic mass is 35.5. The van der Waals surface area contributed by atoms with E-state index in [-0.39, 0.29) is 11.8 Å². The molecule has 1 aromatic carbocycles. The molecule has 6 heteroatoms. The van der Waals surface area contributed by atoms with E-state index in [1.165, 1.54) is 0 Å². The third-order valence-corrected chi connectivity index (χ3v) is 4.09. The predicted octanol–water partition coefficient (Wildman–Crippen LogP) is 3.40. The Balaban J connectivity index is 2.64. The Morgan fingerprint density at radius 1 is 1.24 bits per heavy atom. The van der Waals surface area contributed by atoms with E-state index >= 15 is 0 Å². The van der Waals surface area contributed by atoms with Crippen LogP contribution in [-0.4, -0.2) is 23.0 Å². The first-order valence-corrected chi connectivity index (χ1v) is 7.45. The molecule has 0 saturated heterocycles. The van der Waals surface area contributed by atoms with Crippen molar-refractivity contribution in [3.63, 3.8) is 0 Å². The van der Waals surface area contributed by atoms with Gasteiger partial charge in [0.05, 0.1) is 5.92 Å². The normalized spacial score (nSPS) is 15.1. The lowest BCUT2D eigenvalue weighted by atomic mass is 9.98. The molecule has 2 N–H and O–H groups in total. The topological polar surface area (TPSA) is 66.4 Å². The van der Waals surface area contributed by atoms with Crippen LogP contribution in [0, 0.1) is 11.8 Å². The summed E-state index contributed by atoms with van der Waals surface area (Å²) in [7, 11) is 0. The van der Waals surface area contributed by atoms with E-state index < -0.39 is 17.9 Å². The molecule has 116 valence electrons. The van der Waals surface area contributed by atoms with Gasteiger partial charge in [-0.05, 0) is 38.0 Å². The van der Waals surface area contributed by atoms with Gasteiger partial charge in [-0.3, -0.25) is 9.59 Å². The number of hydrogen-bond donors (Lipinski definition) is 2. The minimum atomic E-state index is -0.934. The fourth-order valence-corrected chi connectivity index (χ4v) is 2.30. The number of carbonyl (C=O) groups is 2. The van der Waals surface area contributed by atoms with Crippen molar-refractivity contribution in [3.05, 3.63) is 33.8 Å². The highest BCUT2D eigenvalue weighted by Gasteiger charge is 2.23. The monoisotopic (exact) mass is 331 g/mol. The molecule has 0 bridgehead atoms. The van der Waals surface area contributed by atoms with E-state index in [4.69, 9.17) is 28.3 Å². The second-order valence-electron chi connectivity index (χ2n) is 5.27. The van der Waals surface area contributed by atoms with Crippen LogP contribution in [0.15, 0.2) is 18.2 Å². The van der Waals surface area contributed by atoms with Gasteiger partial charge >= 0.3 is 5.97 Å². The molecule has 21 heavy (non-hydrogen) atoms. The van der Waals surface area contributed by atoms with Gasteiger partial charge in [-0.2, -0.15) is 0 Å². The first-order chi connectivity index (χ1) is 9.72. The van der Waals surface area contributed by atoms with Crippen LogP contribution in [0.5, 0.6) is 0 Å². The minimum absolute atomic E-state index is 0.193. The highest BCUT2D eigenvalue weighted by molar-refractivity contribution is 6.35. The van der Waals surface area contributed by atoms with Gasteiger partial charge < -0.3 is 10.4 Å². The van der Waals surface area contributed by atoms with Crippen LogP contribution in [-0.2, 0) is 16.0 Å². The Labute approximate surface area is 134 Å². The van der Waals surface area contributed by atoms with Crippen molar-refractivity contribution in [2.75, 3.05) is 0 Å². The first-order valence-electron chi connectivity index (χ1n) is 6.69. The molecule has 0 aliphatic rings. The standard InChI is InChI=1S/C15H19Cl2NO3/c1-8(6-11-4-5-12(16)7-13(11)17)14(19)18-10(3)9(2)15(20)21/h4-5,7-10H,6H2,1-3H3,(H,18,19)(H,20,21). The summed E-state index contributed by atoms with van der Waals surface area (Å²) >= 11 is 11.9. The number of hydrogen-bond acceptors (Lipinski definition) is 2. The molecule has 0 spiro atoms. The van der Waals surface area contributed by atoms with Gasteiger partial charge in [0.1, 0.15) is 0 Å². The molecule has 0 saturated carbocycles. The number of nitrogens with one attached hydrogen (secondary N) is 1. The molecule has 0 aromatic heterocycles. The molecule has 1 aromatic rings. The second kappa shape index (κ2) is 7.66. The third-order valence-electron chi connectivity index (χ3n) is 3.50. The van der Waals surface area contributed by atoms with Crippen LogP contribution in [0.25, 0.3) is 0 Å². The number of aliphatic carboxylic acids is 1. The molecule has 0 heterocycles. The van der Waals surface area contributed by atoms with Crippen molar-refractivity contribution in [1.29, 1.82) is 0 Å². The summed E-state index contributed by atoms with van der Waals surface area (Å²) < 4.78 is 0. The lowest BCUT2D eigenvalue weighted by Gasteiger charge is -2.20. The SMILES string of the molecule is CC(Cc1ccc(Cl)cc1Cl)C(=O)NC(C)C(C)C(=O)O. The Bertz CT molecular complexity index is 534. The number of rotatable bonds is 6. The third kappa shape index (κ3) is 5.21. The van der Waals surface area contributed by atoms with Crippen molar-refractivity contribution >= 4 is 35.1 Å². The summed E-state index contributed by atoms with van der Waals surface area (Å²) in [5.74, 6) is -2.08. The maximum Gasteiger partial charge on any atom is 0.308 e. The molecule has 4 nitrogen and oxygen atoms in total. The van der Waals surface area contributed by atoms with Crippen LogP contribution in [0.2, 0.25) is 10.0 Å². The molecule has 1 amide bonds. The van der Waals surface area contributed by atoms with Gasteiger partial charge in [-0.1, -0.05) is 36.2 Å². The minimum Gasteiger partial charge on any atom is -0.481 e. The largest absolute Gasteiger partial charge is 0.481 e. The summed E-state index contributed by atoms with van der Waals surface area (Å²) in [6.07, 6.45) is 0.468. The summed E-state index contributed by atoms with van der Waals surface area (Å²) in [5.41, 5.74) is 0.836. The van der Waals surface area contributed by atoms with E-state index in [1.54, 1.807) is 39.0 Å². The zero-order valence-electron chi connectivity index (χ0n) is 12.2. The van der Waals surface area contributed by atoms with Crippen LogP contribution < -0.4 is 5.32 Å². The molecule has 3 unspecified atom stereocenters. The van der Waals surface area contributed by atoms with Crippen LogP contribution in [0.3, 0.4) is 0 Å². The summed E-state index contributed by atoms with van der Waals surface area (Å²) in [5, 5.41) is 12.7. The number of carboxylic acid groups (broad SMARTS) is 1. The second-order valence-corrected chi connectivity index (χ2v) is 6.11. The fraction of sp³-hybridized carbons (Fsp3) is 0.467. The lowest BCUT2D eigenvalue weighted by molar-refractivity contribution is -0.142. The molecule has 1 rings (SSSR count). The van der Waals surface area contributed by atoms with Gasteiger partial charge in [0.15, 0.2) is 0 Å². The smallest absolute Gasteiger partial charge is 0.308 e. The Morgan fingerprint density at radius 3 is 2.38 bits per heavy atom. The fourth-order valence-electron chi connectivity index (χ4n) is 1.82. The van der Waals surface area contributed by atoms with Gasteiger partial charge in [-0.15, -0.1) is 0 Å². The Morgan fingerprint density at radius 2 is 1.86 bits per heavy atom. The van der Waals surface area contributed by atoms with Crippen molar-refractivity contribution in [2.45, 2.75) is 33.2 Å². The molecule has 0 fully saturated rings. The van der Waals surface area contributed by atoms with Gasteiger partial charge in [0.25, 0.3) is 0 Å². The zero-order valence-corrected chi connectivity index (χ0v) is 13.7. The van der Waals surface area contributed by atoms with Gasteiger partial charge in [0.2, 0.25) is 5.91 Å². The maximum atomic E-state index is 12.1. The summed E-state index contributed by atoms with van der Waals surface area (Å²) in [6.45, 7) is 5.02. The van der Waals surface area contributed by atoms with E-state index in [0.29, 0.717) is 16.5 Å². The van der Waals surface area contributed by atoms with Gasteiger partial charge in [-0.25, -0.2) is 0 Å². The summed E-state index contributed by atoms with van der Waals surface area (Å²) in [6, 6.07) is 4.72. The molecule has 0 aliphatic heterocycles. The number of amides is 1. The van der Waals surface area contributed by atoms with Crippen molar-refractivity contribution in [3.8, 4) is 0 Å². The van der Waals surface area contributed by atoms with Crippen molar-refractivity contribution in [2.24, 2.45) is 11.8 Å². The molecular weight excluding hydrogens is 313 g/mol. The zero-order chi connectivity index (χ0) is 16.2. The number of carboxylic acids is 1. The Hall–Kier alpha value is -1.26. The average Bonchev–Trinajstić information content (AvgIpc) is 2.40. The molecular formula is C15H19Cl2NO3. The van der Waals surface area contributed by atoms with Gasteiger partial charge in [0, 0.05) is 22.0 Å². The number of halogens is 2. The van der Waals surface area contributed by atoms with Crippen LogP contribution >= 0.6 is 23.2 Å². The molecule has 0 aliphatic carbocycles. The average molecular weight is 332 g/mol. The van der Waals surface area contributed by atoms with E-state index in [1.807, 2.05) is 0 Å². The molecule has 0 radical (unpaired) electrons. The maximum absolute atomic E-state index is 12.1. The highest BCUT2D eigenvalue weighted by Crippen LogP contribution is 2.23.